The number of nitrogens with one attached hydrogen (secondary N) is 1. The van der Waals surface area contributed by atoms with Gasteiger partial charge in [0, 0.05) is 0 Å². The molecule has 4 nitrogen and oxygen atoms in total. The van der Waals surface area contributed by atoms with Crippen LogP contribution in [0, 0.1) is 0 Å². The Balaban J connectivity index is 2.47. The van der Waals surface area contributed by atoms with Gasteiger partial charge in [-0.2, -0.15) is 0 Å². The monoisotopic (exact) mass is 355 g/mol. The largest absolute Gasteiger partial charge is 0.465 e. The average molecular weight is 357 g/mol. The van der Waals surface area contributed by atoms with Gasteiger partial charge in [0.25, 0.3) is 0 Å². The maximum atomic E-state index is 11.7. The van der Waals surface area contributed by atoms with Crippen LogP contribution in [-0.4, -0.2) is 30.0 Å². The van der Waals surface area contributed by atoms with Gasteiger partial charge in [0.1, 0.15) is 0 Å². The van der Waals surface area contributed by atoms with Gasteiger partial charge in [-0.05, 0) is 19.1 Å². The number of hydrogen-bond acceptors (Lipinski definition) is 4. The highest BCUT2D eigenvalue weighted by Crippen LogP contribution is 2.32. The SMILES string of the molecule is CCOC(=O)CSCC(=O)Nc1cc(Cl)c(Cl)cc1Cl. The van der Waals surface area contributed by atoms with E-state index in [-0.39, 0.29) is 23.4 Å². The first-order valence-electron chi connectivity index (χ1n) is 5.61. The van der Waals surface area contributed by atoms with Crippen molar-refractivity contribution in [2.75, 3.05) is 23.4 Å². The summed E-state index contributed by atoms with van der Waals surface area (Å²) in [6.45, 7) is 2.05. The summed E-state index contributed by atoms with van der Waals surface area (Å²) in [6.07, 6.45) is 0. The number of carbonyl (C=O) groups excluding carboxylic acids is 2. The van der Waals surface area contributed by atoms with Gasteiger partial charge in [0.2, 0.25) is 5.91 Å². The number of rotatable bonds is 6. The molecule has 0 aromatic heterocycles. The van der Waals surface area contributed by atoms with E-state index in [9.17, 15) is 9.59 Å². The summed E-state index contributed by atoms with van der Waals surface area (Å²) in [4.78, 5) is 22.8. The topological polar surface area (TPSA) is 55.4 Å². The van der Waals surface area contributed by atoms with Crippen molar-refractivity contribution >= 4 is 64.1 Å². The zero-order chi connectivity index (χ0) is 15.1. The Hall–Kier alpha value is -0.620. The predicted octanol–water partition coefficient (Wildman–Crippen LogP) is 3.88. The molecule has 1 aromatic carbocycles. The van der Waals surface area contributed by atoms with Crippen molar-refractivity contribution < 1.29 is 14.3 Å². The minimum absolute atomic E-state index is 0.107. The second-order valence-electron chi connectivity index (χ2n) is 3.59. The van der Waals surface area contributed by atoms with Crippen molar-refractivity contribution in [3.05, 3.63) is 27.2 Å². The predicted molar refractivity (Wildman–Crippen MR) is 84.1 cm³/mol. The molecule has 0 saturated heterocycles. The molecule has 0 radical (unpaired) electrons. The zero-order valence-corrected chi connectivity index (χ0v) is 13.6. The van der Waals surface area contributed by atoms with Gasteiger partial charge in [-0.15, -0.1) is 11.8 Å². The van der Waals surface area contributed by atoms with Crippen LogP contribution in [0.2, 0.25) is 15.1 Å². The molecular weight excluding hydrogens is 345 g/mol. The van der Waals surface area contributed by atoms with Crippen LogP contribution in [0.1, 0.15) is 6.92 Å². The van der Waals surface area contributed by atoms with Crippen LogP contribution in [-0.2, 0) is 14.3 Å². The number of esters is 1. The summed E-state index contributed by atoms with van der Waals surface area (Å²) < 4.78 is 4.75. The number of ether oxygens (including phenoxy) is 1. The van der Waals surface area contributed by atoms with E-state index in [1.807, 2.05) is 0 Å². The van der Waals surface area contributed by atoms with E-state index in [2.05, 4.69) is 5.32 Å². The summed E-state index contributed by atoms with van der Waals surface area (Å²) in [5, 5.41) is 3.50. The molecule has 0 spiro atoms. The lowest BCUT2D eigenvalue weighted by atomic mass is 10.3. The van der Waals surface area contributed by atoms with Crippen LogP contribution in [0.15, 0.2) is 12.1 Å². The number of anilines is 1. The van der Waals surface area contributed by atoms with Crippen molar-refractivity contribution in [2.45, 2.75) is 6.92 Å². The fourth-order valence-electron chi connectivity index (χ4n) is 1.23. The van der Waals surface area contributed by atoms with Crippen LogP contribution >= 0.6 is 46.6 Å². The Kier molecular flexibility index (Phi) is 7.51. The van der Waals surface area contributed by atoms with Gasteiger partial charge in [-0.3, -0.25) is 9.59 Å². The molecule has 20 heavy (non-hydrogen) atoms. The number of amides is 1. The second kappa shape index (κ2) is 8.62. The molecule has 0 unspecified atom stereocenters. The number of hydrogen-bond donors (Lipinski definition) is 1. The van der Waals surface area contributed by atoms with Gasteiger partial charge in [0.15, 0.2) is 0 Å². The van der Waals surface area contributed by atoms with E-state index in [4.69, 9.17) is 39.5 Å². The van der Waals surface area contributed by atoms with Crippen molar-refractivity contribution in [3.63, 3.8) is 0 Å². The molecule has 0 aliphatic heterocycles. The first kappa shape index (κ1) is 17.4. The Morgan fingerprint density at radius 1 is 1.15 bits per heavy atom. The van der Waals surface area contributed by atoms with Crippen LogP contribution < -0.4 is 5.32 Å². The molecule has 0 atom stereocenters. The molecule has 1 rings (SSSR count). The highest BCUT2D eigenvalue weighted by Gasteiger charge is 2.10. The quantitative estimate of drug-likeness (QED) is 0.621. The summed E-state index contributed by atoms with van der Waals surface area (Å²) in [5.41, 5.74) is 0.378. The van der Waals surface area contributed by atoms with Crippen molar-refractivity contribution in [3.8, 4) is 0 Å². The Morgan fingerprint density at radius 2 is 1.80 bits per heavy atom. The normalized spacial score (nSPS) is 10.2. The molecule has 1 N–H and O–H groups in total. The number of carbonyl (C=O) groups is 2. The molecule has 0 aliphatic carbocycles. The molecular formula is C12H12Cl3NO3S. The maximum Gasteiger partial charge on any atom is 0.315 e. The summed E-state index contributed by atoms with van der Waals surface area (Å²) in [7, 11) is 0. The van der Waals surface area contributed by atoms with Crippen molar-refractivity contribution in [2.24, 2.45) is 0 Å². The van der Waals surface area contributed by atoms with Crippen LogP contribution in [0.5, 0.6) is 0 Å². The van der Waals surface area contributed by atoms with E-state index in [0.29, 0.717) is 27.4 Å². The Labute approximate surface area is 136 Å². The van der Waals surface area contributed by atoms with Crippen molar-refractivity contribution in [1.29, 1.82) is 0 Å². The van der Waals surface area contributed by atoms with Gasteiger partial charge in [0.05, 0.1) is 38.9 Å². The number of halogens is 3. The minimum atomic E-state index is -0.349. The Bertz CT molecular complexity index is 511. The fraction of sp³-hybridized carbons (Fsp3) is 0.333. The molecule has 0 heterocycles. The standard InChI is InChI=1S/C12H12Cl3NO3S/c1-2-19-12(18)6-20-5-11(17)16-10-4-8(14)7(13)3-9(10)15/h3-4H,2,5-6H2,1H3,(H,16,17). The van der Waals surface area contributed by atoms with Gasteiger partial charge >= 0.3 is 5.97 Å². The lowest BCUT2D eigenvalue weighted by Gasteiger charge is -2.08. The molecule has 1 aromatic rings. The third-order valence-electron chi connectivity index (χ3n) is 2.04. The summed E-state index contributed by atoms with van der Waals surface area (Å²) in [6, 6.07) is 2.92. The van der Waals surface area contributed by atoms with E-state index >= 15 is 0 Å². The third kappa shape index (κ3) is 5.79. The Morgan fingerprint density at radius 3 is 2.45 bits per heavy atom. The summed E-state index contributed by atoms with van der Waals surface area (Å²) in [5.74, 6) is -0.413. The number of thioether (sulfide) groups is 1. The molecule has 1 amide bonds. The lowest BCUT2D eigenvalue weighted by molar-refractivity contribution is -0.139. The highest BCUT2D eigenvalue weighted by molar-refractivity contribution is 8.00. The maximum absolute atomic E-state index is 11.7. The lowest BCUT2D eigenvalue weighted by Crippen LogP contribution is -2.16. The van der Waals surface area contributed by atoms with Crippen LogP contribution in [0.4, 0.5) is 5.69 Å². The van der Waals surface area contributed by atoms with E-state index in [1.165, 1.54) is 12.1 Å². The highest BCUT2D eigenvalue weighted by atomic mass is 35.5. The first-order valence-corrected chi connectivity index (χ1v) is 7.90. The van der Waals surface area contributed by atoms with Gasteiger partial charge in [-0.25, -0.2) is 0 Å². The second-order valence-corrected chi connectivity index (χ2v) is 5.80. The molecule has 0 aliphatic rings. The minimum Gasteiger partial charge on any atom is -0.465 e. The van der Waals surface area contributed by atoms with E-state index in [0.717, 1.165) is 11.8 Å². The van der Waals surface area contributed by atoms with Crippen molar-refractivity contribution in [1.82, 2.24) is 0 Å². The first-order chi connectivity index (χ1) is 9.43. The van der Waals surface area contributed by atoms with E-state index in [1.54, 1.807) is 6.92 Å². The summed E-state index contributed by atoms with van der Waals surface area (Å²) >= 11 is 18.7. The van der Waals surface area contributed by atoms with Gasteiger partial charge in [-0.1, -0.05) is 34.8 Å². The zero-order valence-electron chi connectivity index (χ0n) is 10.5. The molecule has 0 bridgehead atoms. The fourth-order valence-corrected chi connectivity index (χ4v) is 2.44. The van der Waals surface area contributed by atoms with Crippen LogP contribution in [0.3, 0.4) is 0 Å². The van der Waals surface area contributed by atoms with Gasteiger partial charge < -0.3 is 10.1 Å². The molecule has 110 valence electrons. The average Bonchev–Trinajstić information content (AvgIpc) is 2.36. The molecule has 0 saturated carbocycles. The third-order valence-corrected chi connectivity index (χ3v) is 3.98. The number of benzene rings is 1. The smallest absolute Gasteiger partial charge is 0.315 e. The van der Waals surface area contributed by atoms with Crippen LogP contribution in [0.25, 0.3) is 0 Å². The van der Waals surface area contributed by atoms with E-state index < -0.39 is 0 Å². The molecule has 0 fully saturated rings. The molecule has 8 heteroatoms.